The van der Waals surface area contributed by atoms with Gasteiger partial charge >= 0.3 is 11.9 Å². The van der Waals surface area contributed by atoms with E-state index in [-0.39, 0.29) is 0 Å². The summed E-state index contributed by atoms with van der Waals surface area (Å²) in [4.78, 5) is 23.9. The van der Waals surface area contributed by atoms with Gasteiger partial charge in [-0.1, -0.05) is 18.2 Å². The van der Waals surface area contributed by atoms with Gasteiger partial charge in [0.2, 0.25) is 0 Å². The highest BCUT2D eigenvalue weighted by molar-refractivity contribution is 6.26. The lowest BCUT2D eigenvalue weighted by atomic mass is 9.92. The molecule has 0 saturated carbocycles. The van der Waals surface area contributed by atoms with Crippen LogP contribution in [0.2, 0.25) is 0 Å². The monoisotopic (exact) mass is 278 g/mol. The second-order valence-corrected chi connectivity index (χ2v) is 4.92. The Morgan fingerprint density at radius 2 is 1.71 bits per heavy atom. The van der Waals surface area contributed by atoms with Gasteiger partial charge in [-0.2, -0.15) is 0 Å². The highest BCUT2D eigenvalue weighted by atomic mass is 16.6. The Labute approximate surface area is 119 Å². The van der Waals surface area contributed by atoms with E-state index >= 15 is 0 Å². The Kier molecular flexibility index (Phi) is 2.30. The van der Waals surface area contributed by atoms with Crippen molar-refractivity contribution in [2.24, 2.45) is 0 Å². The molecule has 0 bridgehead atoms. The largest absolute Gasteiger partial charge is 0.497 e. The van der Waals surface area contributed by atoms with Gasteiger partial charge in [0, 0.05) is 5.39 Å². The van der Waals surface area contributed by atoms with E-state index in [0.717, 1.165) is 16.2 Å². The fraction of sp³-hybridized carbons (Fsp3) is 0.0588. The Balaban J connectivity index is 2.23. The normalized spacial score (nSPS) is 13.6. The first-order valence-electron chi connectivity index (χ1n) is 6.49. The molecule has 3 aromatic carbocycles. The van der Waals surface area contributed by atoms with E-state index in [1.165, 1.54) is 0 Å². The third-order valence-corrected chi connectivity index (χ3v) is 3.81. The van der Waals surface area contributed by atoms with Crippen LogP contribution in [0.15, 0.2) is 42.5 Å². The number of fused-ring (bicyclic) bond motifs is 2. The van der Waals surface area contributed by atoms with Crippen LogP contribution in [0.25, 0.3) is 21.5 Å². The average molecular weight is 278 g/mol. The summed E-state index contributed by atoms with van der Waals surface area (Å²) in [6.07, 6.45) is 0. The van der Waals surface area contributed by atoms with Gasteiger partial charge in [-0.25, -0.2) is 9.59 Å². The van der Waals surface area contributed by atoms with Crippen LogP contribution in [0.5, 0.6) is 5.75 Å². The van der Waals surface area contributed by atoms with Crippen LogP contribution in [0, 0.1) is 0 Å². The van der Waals surface area contributed by atoms with E-state index in [4.69, 9.17) is 9.47 Å². The zero-order valence-corrected chi connectivity index (χ0v) is 11.2. The van der Waals surface area contributed by atoms with E-state index in [1.54, 1.807) is 25.3 Å². The van der Waals surface area contributed by atoms with Crippen LogP contribution in [0.4, 0.5) is 0 Å². The Hall–Kier alpha value is -2.88. The Bertz CT molecular complexity index is 940. The summed E-state index contributed by atoms with van der Waals surface area (Å²) in [7, 11) is 1.59. The molecule has 4 nitrogen and oxygen atoms in total. The number of hydrogen-bond donors (Lipinski definition) is 0. The van der Waals surface area contributed by atoms with E-state index in [2.05, 4.69) is 0 Å². The van der Waals surface area contributed by atoms with Gasteiger partial charge < -0.3 is 9.47 Å². The predicted octanol–water partition coefficient (Wildman–Crippen LogP) is 3.31. The van der Waals surface area contributed by atoms with Gasteiger partial charge in [0.1, 0.15) is 5.75 Å². The highest BCUT2D eigenvalue weighted by Gasteiger charge is 2.27. The molecule has 4 heteroatoms. The number of methoxy groups -OCH3 is 1. The molecular formula is C17H10O4. The van der Waals surface area contributed by atoms with Crippen molar-refractivity contribution in [2.45, 2.75) is 0 Å². The summed E-state index contributed by atoms with van der Waals surface area (Å²) < 4.78 is 10.0. The molecule has 0 amide bonds. The summed E-state index contributed by atoms with van der Waals surface area (Å²) in [5.41, 5.74) is 0.848. The maximum Gasteiger partial charge on any atom is 0.346 e. The quantitative estimate of drug-likeness (QED) is 0.389. The molecule has 0 radical (unpaired) electrons. The van der Waals surface area contributed by atoms with Gasteiger partial charge in [-0.15, -0.1) is 0 Å². The lowest BCUT2D eigenvalue weighted by molar-refractivity contribution is 0.0391. The molecule has 0 N–H and O–H groups in total. The van der Waals surface area contributed by atoms with Crippen LogP contribution >= 0.6 is 0 Å². The molecule has 0 spiro atoms. The van der Waals surface area contributed by atoms with E-state index < -0.39 is 11.9 Å². The number of esters is 2. The van der Waals surface area contributed by atoms with Crippen LogP contribution in [-0.2, 0) is 4.74 Å². The number of ether oxygens (including phenoxy) is 2. The molecule has 0 aliphatic carbocycles. The second-order valence-electron chi connectivity index (χ2n) is 4.92. The molecule has 1 aliphatic rings. The molecular weight excluding hydrogens is 268 g/mol. The molecule has 3 aromatic rings. The van der Waals surface area contributed by atoms with E-state index in [9.17, 15) is 9.59 Å². The van der Waals surface area contributed by atoms with E-state index in [1.807, 2.05) is 24.3 Å². The zero-order valence-electron chi connectivity index (χ0n) is 11.2. The highest BCUT2D eigenvalue weighted by Crippen LogP contribution is 2.35. The van der Waals surface area contributed by atoms with Crippen molar-refractivity contribution in [2.75, 3.05) is 7.11 Å². The Morgan fingerprint density at radius 3 is 2.52 bits per heavy atom. The van der Waals surface area contributed by atoms with Crippen LogP contribution in [0.3, 0.4) is 0 Å². The summed E-state index contributed by atoms with van der Waals surface area (Å²) in [6.45, 7) is 0. The van der Waals surface area contributed by atoms with Crippen LogP contribution in [0.1, 0.15) is 20.7 Å². The Morgan fingerprint density at radius 1 is 0.905 bits per heavy atom. The van der Waals surface area contributed by atoms with Crippen LogP contribution < -0.4 is 4.74 Å². The average Bonchev–Trinajstić information content (AvgIpc) is 2.51. The fourth-order valence-electron chi connectivity index (χ4n) is 2.85. The lowest BCUT2D eigenvalue weighted by Crippen LogP contribution is -2.19. The molecule has 0 saturated heterocycles. The standard InChI is InChI=1S/C17H10O4/c1-20-10-5-6-11-9(7-10)8-14-15-12(11)3-2-4-13(15)16(18)21-17(14)19/h2-8H,1H3. The second kappa shape index (κ2) is 4.06. The van der Waals surface area contributed by atoms with Gasteiger partial charge in [0.15, 0.2) is 0 Å². The maximum atomic E-state index is 12.0. The first kappa shape index (κ1) is 11.9. The van der Waals surface area contributed by atoms with E-state index in [0.29, 0.717) is 22.3 Å². The summed E-state index contributed by atoms with van der Waals surface area (Å²) in [6, 6.07) is 12.8. The number of rotatable bonds is 1. The van der Waals surface area contributed by atoms with Crippen LogP contribution in [-0.4, -0.2) is 19.0 Å². The summed E-state index contributed by atoms with van der Waals surface area (Å²) >= 11 is 0. The first-order chi connectivity index (χ1) is 10.2. The molecule has 0 atom stereocenters. The van der Waals surface area contributed by atoms with Crippen molar-refractivity contribution in [3.63, 3.8) is 0 Å². The number of hydrogen-bond acceptors (Lipinski definition) is 4. The number of carbonyl (C=O) groups is 2. The van der Waals surface area contributed by atoms with Crippen molar-refractivity contribution in [3.05, 3.63) is 53.6 Å². The molecule has 1 aliphatic heterocycles. The SMILES string of the molecule is COc1ccc2c(c1)cc1c3c(cccc32)C(=O)OC1=O. The number of benzene rings is 3. The molecule has 21 heavy (non-hydrogen) atoms. The fourth-order valence-corrected chi connectivity index (χ4v) is 2.85. The van der Waals surface area contributed by atoms with Crippen molar-refractivity contribution >= 4 is 33.5 Å². The molecule has 102 valence electrons. The summed E-state index contributed by atoms with van der Waals surface area (Å²) in [5, 5.41) is 3.38. The predicted molar refractivity (Wildman–Crippen MR) is 77.8 cm³/mol. The maximum absolute atomic E-state index is 12.0. The zero-order chi connectivity index (χ0) is 14.6. The molecule has 0 fully saturated rings. The molecule has 1 heterocycles. The van der Waals surface area contributed by atoms with Gasteiger partial charge in [0.25, 0.3) is 0 Å². The third kappa shape index (κ3) is 1.56. The molecule has 0 unspecified atom stereocenters. The van der Waals surface area contributed by atoms with Gasteiger partial charge in [-0.05, 0) is 40.4 Å². The smallest absolute Gasteiger partial charge is 0.346 e. The van der Waals surface area contributed by atoms with Crippen molar-refractivity contribution in [3.8, 4) is 5.75 Å². The number of cyclic esters (lactones) is 2. The van der Waals surface area contributed by atoms with Gasteiger partial charge in [-0.3, -0.25) is 0 Å². The van der Waals surface area contributed by atoms with Gasteiger partial charge in [0.05, 0.1) is 18.2 Å². The van der Waals surface area contributed by atoms with Crippen molar-refractivity contribution in [1.82, 2.24) is 0 Å². The van der Waals surface area contributed by atoms with Crippen molar-refractivity contribution < 1.29 is 19.1 Å². The molecule has 0 aromatic heterocycles. The minimum absolute atomic E-state index is 0.418. The lowest BCUT2D eigenvalue weighted by Gasteiger charge is -2.17. The topological polar surface area (TPSA) is 52.6 Å². The first-order valence-corrected chi connectivity index (χ1v) is 6.49. The third-order valence-electron chi connectivity index (χ3n) is 3.81. The minimum atomic E-state index is -0.603. The minimum Gasteiger partial charge on any atom is -0.497 e. The van der Waals surface area contributed by atoms with Crippen molar-refractivity contribution in [1.29, 1.82) is 0 Å². The molecule has 4 rings (SSSR count). The summed E-state index contributed by atoms with van der Waals surface area (Å²) in [5.74, 6) is -0.482. The number of carbonyl (C=O) groups excluding carboxylic acids is 2.